The zero-order valence-corrected chi connectivity index (χ0v) is 11.9. The first-order valence-corrected chi connectivity index (χ1v) is 6.12. The molecule has 0 aliphatic heterocycles. The van der Waals surface area contributed by atoms with Crippen molar-refractivity contribution in [1.82, 2.24) is 0 Å². The molecule has 1 N–H and O–H groups in total. The molecule has 0 unspecified atom stereocenters. The van der Waals surface area contributed by atoms with Gasteiger partial charge in [0.05, 0.1) is 0 Å². The lowest BCUT2D eigenvalue weighted by atomic mass is 10.2. The summed E-state index contributed by atoms with van der Waals surface area (Å²) in [6, 6.07) is 3.84. The monoisotopic (exact) mass is 283 g/mol. The molecule has 0 fully saturated rings. The van der Waals surface area contributed by atoms with Crippen LogP contribution in [0.4, 0.5) is 14.9 Å². The number of benzene rings is 1. The molecule has 1 aromatic carbocycles. The number of anilines is 1. The van der Waals surface area contributed by atoms with Crippen LogP contribution in [0.3, 0.4) is 0 Å². The van der Waals surface area contributed by atoms with Crippen molar-refractivity contribution in [2.45, 2.75) is 39.3 Å². The van der Waals surface area contributed by atoms with Crippen LogP contribution < -0.4 is 4.90 Å². The summed E-state index contributed by atoms with van der Waals surface area (Å²) in [5.74, 6) is -1.65. The Morgan fingerprint density at radius 2 is 1.75 bits per heavy atom. The summed E-state index contributed by atoms with van der Waals surface area (Å²) < 4.78 is 18.1. The maximum absolute atomic E-state index is 12.9. The molecule has 0 bridgehead atoms. The van der Waals surface area contributed by atoms with Crippen LogP contribution in [0.2, 0.25) is 0 Å². The quantitative estimate of drug-likeness (QED) is 0.925. The molecule has 1 amide bonds. The number of halogens is 1. The Morgan fingerprint density at radius 3 is 2.15 bits per heavy atom. The largest absolute Gasteiger partial charge is 0.480 e. The number of carbonyl (C=O) groups is 2. The van der Waals surface area contributed by atoms with Gasteiger partial charge in [0.25, 0.3) is 0 Å². The lowest BCUT2D eigenvalue weighted by Crippen LogP contribution is -2.46. The first-order valence-electron chi connectivity index (χ1n) is 6.12. The van der Waals surface area contributed by atoms with Gasteiger partial charge in [0, 0.05) is 5.69 Å². The van der Waals surface area contributed by atoms with E-state index < -0.39 is 29.5 Å². The predicted molar refractivity (Wildman–Crippen MR) is 72.2 cm³/mol. The van der Waals surface area contributed by atoms with Crippen molar-refractivity contribution in [2.24, 2.45) is 0 Å². The standard InChI is InChI=1S/C14H18FNO4/c1-9(12(17)18)16(13(19)20-14(2,3)4)11-7-5-10(15)6-8-11/h5-9H,1-4H3,(H,17,18)/t9-/m0/s1. The zero-order valence-electron chi connectivity index (χ0n) is 11.9. The molecule has 0 spiro atoms. The molecule has 5 nitrogen and oxygen atoms in total. The Hall–Kier alpha value is -2.11. The number of aliphatic carboxylic acids is 1. The SMILES string of the molecule is C[C@@H](C(=O)O)N(C(=O)OC(C)(C)C)c1ccc(F)cc1. The average Bonchev–Trinajstić information content (AvgIpc) is 2.29. The van der Waals surface area contributed by atoms with Crippen molar-refractivity contribution in [3.8, 4) is 0 Å². The van der Waals surface area contributed by atoms with Crippen LogP contribution in [0.15, 0.2) is 24.3 Å². The number of rotatable bonds is 3. The molecular weight excluding hydrogens is 265 g/mol. The van der Waals surface area contributed by atoms with Gasteiger partial charge in [-0.15, -0.1) is 0 Å². The lowest BCUT2D eigenvalue weighted by molar-refractivity contribution is -0.138. The smallest absolute Gasteiger partial charge is 0.415 e. The van der Waals surface area contributed by atoms with Crippen LogP contribution in [-0.2, 0) is 9.53 Å². The second kappa shape index (κ2) is 5.90. The summed E-state index contributed by atoms with van der Waals surface area (Å²) in [5, 5.41) is 9.09. The Morgan fingerprint density at radius 1 is 1.25 bits per heavy atom. The second-order valence-corrected chi connectivity index (χ2v) is 5.34. The van der Waals surface area contributed by atoms with E-state index >= 15 is 0 Å². The number of carboxylic acids is 1. The fourth-order valence-electron chi connectivity index (χ4n) is 1.51. The normalized spacial score (nSPS) is 12.7. The Bertz CT molecular complexity index is 493. The molecule has 0 aliphatic carbocycles. The van der Waals surface area contributed by atoms with Crippen LogP contribution in [-0.4, -0.2) is 28.8 Å². The van der Waals surface area contributed by atoms with E-state index in [0.29, 0.717) is 0 Å². The van der Waals surface area contributed by atoms with E-state index in [9.17, 15) is 14.0 Å². The highest BCUT2D eigenvalue weighted by atomic mass is 19.1. The van der Waals surface area contributed by atoms with Gasteiger partial charge in [-0.25, -0.2) is 14.0 Å². The number of hydrogen-bond donors (Lipinski definition) is 1. The molecule has 1 aromatic rings. The van der Waals surface area contributed by atoms with Crippen LogP contribution in [0.5, 0.6) is 0 Å². The molecule has 0 saturated heterocycles. The Kier molecular flexibility index (Phi) is 4.70. The van der Waals surface area contributed by atoms with Gasteiger partial charge >= 0.3 is 12.1 Å². The highest BCUT2D eigenvalue weighted by molar-refractivity contribution is 5.95. The molecule has 0 aromatic heterocycles. The van der Waals surface area contributed by atoms with E-state index in [-0.39, 0.29) is 5.69 Å². The first-order chi connectivity index (χ1) is 9.11. The molecule has 110 valence electrons. The van der Waals surface area contributed by atoms with Gasteiger partial charge in [0.1, 0.15) is 17.5 Å². The van der Waals surface area contributed by atoms with Crippen molar-refractivity contribution in [3.63, 3.8) is 0 Å². The molecule has 1 atom stereocenters. The minimum absolute atomic E-state index is 0.260. The molecule has 20 heavy (non-hydrogen) atoms. The van der Waals surface area contributed by atoms with Crippen molar-refractivity contribution < 1.29 is 23.8 Å². The molecule has 0 saturated carbocycles. The summed E-state index contributed by atoms with van der Waals surface area (Å²) in [5.41, 5.74) is -0.497. The molecule has 0 heterocycles. The highest BCUT2D eigenvalue weighted by Crippen LogP contribution is 2.21. The van der Waals surface area contributed by atoms with E-state index in [2.05, 4.69) is 0 Å². The van der Waals surface area contributed by atoms with Crippen molar-refractivity contribution in [3.05, 3.63) is 30.1 Å². The Balaban J connectivity index is 3.12. The van der Waals surface area contributed by atoms with Gasteiger partial charge in [-0.1, -0.05) is 0 Å². The third kappa shape index (κ3) is 4.22. The third-order valence-electron chi connectivity index (χ3n) is 2.44. The van der Waals surface area contributed by atoms with Gasteiger partial charge in [0.2, 0.25) is 0 Å². The first kappa shape index (κ1) is 15.9. The van der Waals surface area contributed by atoms with Gasteiger partial charge in [0.15, 0.2) is 0 Å². The number of hydrogen-bond acceptors (Lipinski definition) is 3. The van der Waals surface area contributed by atoms with E-state index in [4.69, 9.17) is 9.84 Å². The second-order valence-electron chi connectivity index (χ2n) is 5.34. The molecule has 0 radical (unpaired) electrons. The number of carboxylic acid groups (broad SMARTS) is 1. The number of nitrogens with zero attached hydrogens (tertiary/aromatic N) is 1. The average molecular weight is 283 g/mol. The molecular formula is C14H18FNO4. The third-order valence-corrected chi connectivity index (χ3v) is 2.44. The minimum atomic E-state index is -1.18. The summed E-state index contributed by atoms with van der Waals surface area (Å²) in [4.78, 5) is 24.2. The van der Waals surface area contributed by atoms with Crippen LogP contribution in [0, 0.1) is 5.82 Å². The molecule has 1 rings (SSSR count). The summed E-state index contributed by atoms with van der Waals surface area (Å²) >= 11 is 0. The van der Waals surface area contributed by atoms with E-state index in [1.807, 2.05) is 0 Å². The van der Waals surface area contributed by atoms with Crippen LogP contribution in [0.25, 0.3) is 0 Å². The van der Waals surface area contributed by atoms with E-state index in [1.54, 1.807) is 20.8 Å². The summed E-state index contributed by atoms with van der Waals surface area (Å²) in [6.07, 6.45) is -0.793. The van der Waals surface area contributed by atoms with E-state index in [1.165, 1.54) is 19.1 Å². The maximum Gasteiger partial charge on any atom is 0.415 e. The number of amides is 1. The van der Waals surface area contributed by atoms with Crippen LogP contribution >= 0.6 is 0 Å². The van der Waals surface area contributed by atoms with Gasteiger partial charge in [-0.2, -0.15) is 0 Å². The predicted octanol–water partition coefficient (Wildman–Crippen LogP) is 3.04. The fourth-order valence-corrected chi connectivity index (χ4v) is 1.51. The van der Waals surface area contributed by atoms with Crippen molar-refractivity contribution in [2.75, 3.05) is 4.90 Å². The zero-order chi connectivity index (χ0) is 15.5. The number of ether oxygens (including phenoxy) is 1. The topological polar surface area (TPSA) is 66.8 Å². The van der Waals surface area contributed by atoms with Crippen molar-refractivity contribution >= 4 is 17.7 Å². The summed E-state index contributed by atoms with van der Waals surface area (Å²) in [6.45, 7) is 6.40. The fraction of sp³-hybridized carbons (Fsp3) is 0.429. The van der Waals surface area contributed by atoms with Gasteiger partial charge in [-0.3, -0.25) is 4.90 Å². The number of carbonyl (C=O) groups excluding carboxylic acids is 1. The van der Waals surface area contributed by atoms with E-state index in [0.717, 1.165) is 17.0 Å². The maximum atomic E-state index is 12.9. The minimum Gasteiger partial charge on any atom is -0.480 e. The van der Waals surface area contributed by atoms with Gasteiger partial charge < -0.3 is 9.84 Å². The van der Waals surface area contributed by atoms with Gasteiger partial charge in [-0.05, 0) is 52.0 Å². The van der Waals surface area contributed by atoms with Crippen molar-refractivity contribution in [1.29, 1.82) is 0 Å². The summed E-state index contributed by atoms with van der Waals surface area (Å²) in [7, 11) is 0. The molecule has 6 heteroatoms. The van der Waals surface area contributed by atoms with Crippen LogP contribution in [0.1, 0.15) is 27.7 Å². The molecule has 0 aliphatic rings. The highest BCUT2D eigenvalue weighted by Gasteiger charge is 2.31. The lowest BCUT2D eigenvalue weighted by Gasteiger charge is -2.29. The Labute approximate surface area is 117 Å².